The van der Waals surface area contributed by atoms with Gasteiger partial charge in [-0.3, -0.25) is 14.6 Å². The number of nitrogens with two attached hydrogens (primary N) is 1. The molecule has 1 amide bonds. The molecule has 32 heavy (non-hydrogen) atoms. The van der Waals surface area contributed by atoms with Crippen molar-refractivity contribution in [2.24, 2.45) is 5.73 Å². The van der Waals surface area contributed by atoms with Crippen LogP contribution in [0.5, 0.6) is 0 Å². The van der Waals surface area contributed by atoms with Crippen molar-refractivity contribution in [1.29, 1.82) is 5.26 Å². The van der Waals surface area contributed by atoms with E-state index in [0.717, 1.165) is 0 Å². The van der Waals surface area contributed by atoms with Crippen LogP contribution in [0.3, 0.4) is 0 Å². The zero-order valence-corrected chi connectivity index (χ0v) is 16.6. The van der Waals surface area contributed by atoms with Crippen LogP contribution in [-0.2, 0) is 19.7 Å². The lowest BCUT2D eigenvalue weighted by Crippen LogP contribution is -2.50. The Labute approximate surface area is 182 Å². The molecule has 3 aliphatic rings. The minimum absolute atomic E-state index is 0.00974. The second-order valence-corrected chi connectivity index (χ2v) is 7.45. The number of cyclic esters (lactones) is 1. The number of anilines is 2. The first-order valence-electron chi connectivity index (χ1n) is 9.68. The topological polar surface area (TPSA) is 99.7 Å². The van der Waals surface area contributed by atoms with Crippen molar-refractivity contribution < 1.29 is 18.7 Å². The van der Waals surface area contributed by atoms with E-state index < -0.39 is 23.1 Å². The van der Waals surface area contributed by atoms with Gasteiger partial charge in [-0.05, 0) is 24.3 Å². The van der Waals surface area contributed by atoms with Crippen molar-refractivity contribution >= 4 is 23.3 Å². The average molecular weight is 426 g/mol. The van der Waals surface area contributed by atoms with Gasteiger partial charge in [0.1, 0.15) is 29.7 Å². The van der Waals surface area contributed by atoms with Crippen molar-refractivity contribution in [3.8, 4) is 18.4 Å². The predicted octanol–water partition coefficient (Wildman–Crippen LogP) is 2.07. The van der Waals surface area contributed by atoms with Gasteiger partial charge in [-0.2, -0.15) is 5.26 Å². The summed E-state index contributed by atoms with van der Waals surface area (Å²) in [6.07, 6.45) is 5.49. The van der Waals surface area contributed by atoms with Gasteiger partial charge in [-0.25, -0.2) is 9.18 Å². The number of para-hydroxylation sites is 1. The Morgan fingerprint density at radius 3 is 2.72 bits per heavy atom. The molecule has 7 nitrogen and oxygen atoms in total. The van der Waals surface area contributed by atoms with E-state index in [1.54, 1.807) is 30.3 Å². The summed E-state index contributed by atoms with van der Waals surface area (Å²) in [7, 11) is 0. The van der Waals surface area contributed by atoms with Crippen LogP contribution in [0, 0.1) is 29.5 Å². The summed E-state index contributed by atoms with van der Waals surface area (Å²) in [5.41, 5.74) is 6.00. The van der Waals surface area contributed by atoms with E-state index in [1.807, 2.05) is 6.07 Å². The predicted molar refractivity (Wildman–Crippen MR) is 113 cm³/mol. The largest absolute Gasteiger partial charge is 0.456 e. The highest BCUT2D eigenvalue weighted by Crippen LogP contribution is 2.56. The van der Waals surface area contributed by atoms with Gasteiger partial charge in [0.25, 0.3) is 0 Å². The summed E-state index contributed by atoms with van der Waals surface area (Å²) < 4.78 is 19.3. The lowest BCUT2D eigenvalue weighted by Gasteiger charge is -2.38. The molecular formula is C24H15FN4O3. The molecule has 2 N–H and O–H groups in total. The van der Waals surface area contributed by atoms with Gasteiger partial charge >= 0.3 is 5.97 Å². The Hall–Kier alpha value is -4.56. The molecule has 3 heterocycles. The normalized spacial score (nSPS) is 21.5. The Kier molecular flexibility index (Phi) is 4.08. The molecule has 0 saturated heterocycles. The molecule has 0 saturated carbocycles. The molecule has 0 bridgehead atoms. The molecule has 1 atom stereocenters. The van der Waals surface area contributed by atoms with Crippen molar-refractivity contribution in [2.45, 2.75) is 5.41 Å². The van der Waals surface area contributed by atoms with Crippen LogP contribution in [0.2, 0.25) is 0 Å². The number of benzene rings is 2. The Morgan fingerprint density at radius 1 is 1.22 bits per heavy atom. The van der Waals surface area contributed by atoms with E-state index in [9.17, 15) is 19.2 Å². The van der Waals surface area contributed by atoms with Gasteiger partial charge in [0.2, 0.25) is 5.91 Å². The number of fused-ring (bicyclic) bond motifs is 3. The van der Waals surface area contributed by atoms with Gasteiger partial charge in [-0.15, -0.1) is 6.42 Å². The average Bonchev–Trinajstić information content (AvgIpc) is 3.27. The number of nitriles is 1. The van der Waals surface area contributed by atoms with E-state index in [2.05, 4.69) is 5.92 Å². The Balaban J connectivity index is 1.87. The summed E-state index contributed by atoms with van der Waals surface area (Å²) in [5, 5.41) is 10.2. The summed E-state index contributed by atoms with van der Waals surface area (Å²) in [6.45, 7) is -0.238. The molecule has 1 spiro atoms. The first-order chi connectivity index (χ1) is 15.5. The van der Waals surface area contributed by atoms with E-state index in [4.69, 9.17) is 16.9 Å². The number of ether oxygens (including phenoxy) is 1. The van der Waals surface area contributed by atoms with Crippen molar-refractivity contribution in [3.63, 3.8) is 0 Å². The SMILES string of the molecule is C#CCN1C(=O)C2(C(C#N)=C(N)N(c3cccc(F)c3)C3=C2C(=O)OC3)c2ccccc21. The van der Waals surface area contributed by atoms with Crippen LogP contribution in [0.1, 0.15) is 5.56 Å². The fourth-order valence-electron chi connectivity index (χ4n) is 4.75. The van der Waals surface area contributed by atoms with E-state index in [-0.39, 0.29) is 35.8 Å². The summed E-state index contributed by atoms with van der Waals surface area (Å²) in [5.74, 6) is 0.545. The molecule has 0 aromatic heterocycles. The summed E-state index contributed by atoms with van der Waals surface area (Å²) in [6, 6.07) is 14.4. The number of nitrogens with zero attached hydrogens (tertiary/aromatic N) is 3. The van der Waals surface area contributed by atoms with Gasteiger partial charge < -0.3 is 10.5 Å². The number of halogens is 1. The molecule has 0 fully saturated rings. The van der Waals surface area contributed by atoms with Crippen LogP contribution in [0.15, 0.2) is 71.2 Å². The van der Waals surface area contributed by atoms with Crippen molar-refractivity contribution in [2.75, 3.05) is 23.0 Å². The number of esters is 1. The maximum absolute atomic E-state index is 14.0. The standard InChI is InChI=1S/C24H15FN4O3/c1-2-10-28-18-9-4-3-8-16(18)24(23(28)31)17(12-26)21(27)29(15-7-5-6-14(25)11-15)19-13-32-22(30)20(19)24/h1,3-9,11H,10,13,27H2. The lowest BCUT2D eigenvalue weighted by atomic mass is 9.67. The summed E-state index contributed by atoms with van der Waals surface area (Å²) >= 11 is 0. The number of carbonyl (C=O) groups is 2. The minimum atomic E-state index is -1.79. The molecule has 2 aromatic rings. The van der Waals surface area contributed by atoms with Gasteiger partial charge in [-0.1, -0.05) is 30.2 Å². The quantitative estimate of drug-likeness (QED) is 0.583. The van der Waals surface area contributed by atoms with Crippen molar-refractivity contribution in [1.82, 2.24) is 0 Å². The lowest BCUT2D eigenvalue weighted by molar-refractivity contribution is -0.137. The number of rotatable bonds is 2. The second kappa shape index (κ2) is 6.73. The van der Waals surface area contributed by atoms with E-state index >= 15 is 0 Å². The number of amides is 1. The van der Waals surface area contributed by atoms with Crippen LogP contribution in [-0.4, -0.2) is 25.0 Å². The molecule has 0 aliphatic carbocycles. The molecular weight excluding hydrogens is 411 g/mol. The summed E-state index contributed by atoms with van der Waals surface area (Å²) in [4.78, 5) is 29.7. The minimum Gasteiger partial charge on any atom is -0.456 e. The number of carbonyl (C=O) groups excluding carboxylic acids is 2. The van der Waals surface area contributed by atoms with Crippen LogP contribution < -0.4 is 15.5 Å². The van der Waals surface area contributed by atoms with Gasteiger partial charge in [0, 0.05) is 11.3 Å². The fraction of sp³-hybridized carbons (Fsp3) is 0.125. The maximum Gasteiger partial charge on any atom is 0.338 e. The highest BCUT2D eigenvalue weighted by atomic mass is 19.1. The first-order valence-corrected chi connectivity index (χ1v) is 9.68. The highest BCUT2D eigenvalue weighted by Gasteiger charge is 2.63. The molecule has 1 unspecified atom stereocenters. The molecule has 5 rings (SSSR count). The monoisotopic (exact) mass is 426 g/mol. The van der Waals surface area contributed by atoms with Crippen LogP contribution in [0.25, 0.3) is 0 Å². The second-order valence-electron chi connectivity index (χ2n) is 7.45. The molecule has 3 aliphatic heterocycles. The molecule has 156 valence electrons. The zero-order valence-electron chi connectivity index (χ0n) is 16.6. The third-order valence-corrected chi connectivity index (χ3v) is 5.94. The smallest absolute Gasteiger partial charge is 0.338 e. The molecule has 0 radical (unpaired) electrons. The Morgan fingerprint density at radius 2 is 2.00 bits per heavy atom. The molecule has 2 aromatic carbocycles. The van der Waals surface area contributed by atoms with E-state index in [1.165, 1.54) is 28.0 Å². The van der Waals surface area contributed by atoms with E-state index in [0.29, 0.717) is 16.9 Å². The highest BCUT2D eigenvalue weighted by molar-refractivity contribution is 6.20. The van der Waals surface area contributed by atoms with Gasteiger partial charge in [0.05, 0.1) is 29.1 Å². The molecule has 8 heteroatoms. The number of hydrogen-bond acceptors (Lipinski definition) is 6. The van der Waals surface area contributed by atoms with Crippen LogP contribution in [0.4, 0.5) is 15.8 Å². The van der Waals surface area contributed by atoms with Crippen molar-refractivity contribution in [3.05, 3.63) is 82.6 Å². The maximum atomic E-state index is 14.0. The third-order valence-electron chi connectivity index (χ3n) is 5.94. The van der Waals surface area contributed by atoms with Gasteiger partial charge in [0.15, 0.2) is 0 Å². The fourth-order valence-corrected chi connectivity index (χ4v) is 4.75. The number of hydrogen-bond donors (Lipinski definition) is 1. The third kappa shape index (κ3) is 2.24. The Bertz CT molecular complexity index is 1360. The van der Waals surface area contributed by atoms with Crippen LogP contribution >= 0.6 is 0 Å². The zero-order chi connectivity index (χ0) is 22.6. The number of terminal acetylenes is 1. The first kappa shape index (κ1) is 19.4.